The van der Waals surface area contributed by atoms with Crippen molar-refractivity contribution in [2.45, 2.75) is 84.0 Å². The second kappa shape index (κ2) is 9.88. The van der Waals surface area contributed by atoms with Crippen molar-refractivity contribution in [2.75, 3.05) is 6.61 Å². The van der Waals surface area contributed by atoms with Gasteiger partial charge in [0, 0.05) is 6.61 Å². The van der Waals surface area contributed by atoms with Crippen molar-refractivity contribution in [3.8, 4) is 0 Å². The lowest BCUT2D eigenvalue weighted by Crippen LogP contribution is -2.65. The van der Waals surface area contributed by atoms with Crippen LogP contribution in [0.4, 0.5) is 0 Å². The Kier molecular flexibility index (Phi) is 7.31. The van der Waals surface area contributed by atoms with Crippen LogP contribution < -0.4 is 10.4 Å². The molecule has 0 aromatic heterocycles. The summed E-state index contributed by atoms with van der Waals surface area (Å²) in [5, 5.41) is 2.78. The molecule has 0 N–H and O–H groups in total. The minimum Gasteiger partial charge on any atom is -0.413 e. The molecule has 4 aliphatic rings. The van der Waals surface area contributed by atoms with Crippen LogP contribution in [0, 0.1) is 23.2 Å². The lowest BCUT2D eigenvalue weighted by atomic mass is 9.43. The van der Waals surface area contributed by atoms with Crippen LogP contribution >= 0.6 is 0 Å². The van der Waals surface area contributed by atoms with E-state index in [4.69, 9.17) is 20.3 Å². The van der Waals surface area contributed by atoms with Crippen LogP contribution in [-0.4, -0.2) is 41.8 Å². The summed E-state index contributed by atoms with van der Waals surface area (Å²) in [6, 6.07) is 21.8. The maximum atomic E-state index is 6.95. The molecule has 3 nitrogen and oxygen atoms in total. The van der Waals surface area contributed by atoms with Crippen molar-refractivity contribution in [3.63, 3.8) is 0 Å². The van der Waals surface area contributed by atoms with Gasteiger partial charge in [-0.05, 0) is 72.2 Å². The number of rotatable bonds is 9. The van der Waals surface area contributed by atoms with Gasteiger partial charge in [0.25, 0.3) is 0 Å². The Balaban J connectivity index is 1.40. The fourth-order valence-corrected chi connectivity index (χ4v) is 14.0. The predicted octanol–water partition coefficient (Wildman–Crippen LogP) is 6.56. The Morgan fingerprint density at radius 2 is 1.55 bits per heavy atom. The molecular weight excluding hydrogens is 499 g/mol. The Morgan fingerprint density at radius 3 is 2.13 bits per heavy atom. The Bertz CT molecular complexity index is 1150. The molecule has 3 saturated carbocycles. The molecule has 0 radical (unpaired) electrons. The van der Waals surface area contributed by atoms with E-state index >= 15 is 0 Å². The Labute approximate surface area is 233 Å². The van der Waals surface area contributed by atoms with Crippen LogP contribution in [0.5, 0.6) is 0 Å². The van der Waals surface area contributed by atoms with Gasteiger partial charge in [-0.1, -0.05) is 99.7 Å². The molecule has 2 aromatic carbocycles. The lowest BCUT2D eigenvalue weighted by Gasteiger charge is -2.64. The average molecular weight is 547 g/mol. The molecule has 6 heteroatoms. The first kappa shape index (κ1) is 28.1. The van der Waals surface area contributed by atoms with E-state index in [1.807, 2.05) is 0 Å². The molecule has 38 heavy (non-hydrogen) atoms. The fraction of sp³-hybridized carbons (Fsp3) is 0.562. The Morgan fingerprint density at radius 1 is 0.974 bits per heavy atom. The summed E-state index contributed by atoms with van der Waals surface area (Å²) in [5.74, 6) is 1.59. The van der Waals surface area contributed by atoms with Crippen LogP contribution in [-0.2, 0) is 13.7 Å². The van der Waals surface area contributed by atoms with Crippen molar-refractivity contribution in [1.29, 1.82) is 0 Å². The minimum absolute atomic E-state index is 0.166. The van der Waals surface area contributed by atoms with E-state index in [0.29, 0.717) is 23.9 Å². The van der Waals surface area contributed by atoms with E-state index in [1.54, 1.807) is 0 Å². The third-order valence-electron chi connectivity index (χ3n) is 10.7. The third-order valence-corrected chi connectivity index (χ3v) is 17.6. The molecule has 4 fully saturated rings. The van der Waals surface area contributed by atoms with Crippen molar-refractivity contribution >= 4 is 33.9 Å². The van der Waals surface area contributed by atoms with Gasteiger partial charge in [0.2, 0.25) is 8.32 Å². The number of benzene rings is 2. The molecule has 2 bridgehead atoms. The standard InChI is InChI=1S/C32H47BO3Si2/c1-23(22-34-38(8,9)27-18-14-11-15-19-27)30(37(6,7)26-16-12-10-13-17-26)24(2)33-35-29-21-25-20-28(31(25,3)4)32(29,5)36-33/h10-19,23,25,28-30H,2,20-22H2,1,3-9H3/t23-,25+,28+,29-,30-,32+/m0/s1. The maximum Gasteiger partial charge on any atom is 0.489 e. The summed E-state index contributed by atoms with van der Waals surface area (Å²) < 4.78 is 20.5. The van der Waals surface area contributed by atoms with E-state index < -0.39 is 16.4 Å². The van der Waals surface area contributed by atoms with Gasteiger partial charge in [-0.2, -0.15) is 0 Å². The predicted molar refractivity (Wildman–Crippen MR) is 165 cm³/mol. The monoisotopic (exact) mass is 546 g/mol. The summed E-state index contributed by atoms with van der Waals surface area (Å²) in [5.41, 5.74) is 1.49. The van der Waals surface area contributed by atoms with Crippen molar-refractivity contribution in [1.82, 2.24) is 0 Å². The number of allylic oxidation sites excluding steroid dienone is 1. The second-order valence-corrected chi connectivity index (χ2v) is 22.6. The topological polar surface area (TPSA) is 27.7 Å². The quantitative estimate of drug-likeness (QED) is 0.334. The molecule has 0 amide bonds. The highest BCUT2D eigenvalue weighted by Gasteiger charge is 2.68. The van der Waals surface area contributed by atoms with Gasteiger partial charge >= 0.3 is 7.12 Å². The Hall–Kier alpha value is -1.44. The van der Waals surface area contributed by atoms with Gasteiger partial charge in [0.1, 0.15) is 0 Å². The maximum absolute atomic E-state index is 6.95. The van der Waals surface area contributed by atoms with Crippen LogP contribution in [0.2, 0.25) is 31.7 Å². The average Bonchev–Trinajstić information content (AvgIpc) is 3.26. The summed E-state index contributed by atoms with van der Waals surface area (Å²) >= 11 is 0. The van der Waals surface area contributed by atoms with Crippen LogP contribution in [0.1, 0.15) is 40.5 Å². The molecule has 2 aromatic rings. The van der Waals surface area contributed by atoms with Crippen LogP contribution in [0.15, 0.2) is 72.7 Å². The molecule has 204 valence electrons. The van der Waals surface area contributed by atoms with Crippen molar-refractivity contribution in [2.24, 2.45) is 23.2 Å². The fourth-order valence-electron chi connectivity index (χ4n) is 8.12. The number of hydrogen-bond donors (Lipinski definition) is 0. The third kappa shape index (κ3) is 4.64. The molecule has 6 rings (SSSR count). The largest absolute Gasteiger partial charge is 0.489 e. The van der Waals surface area contributed by atoms with Gasteiger partial charge in [-0.3, -0.25) is 0 Å². The molecule has 1 saturated heterocycles. The van der Waals surface area contributed by atoms with E-state index in [9.17, 15) is 0 Å². The van der Waals surface area contributed by atoms with E-state index in [1.165, 1.54) is 16.8 Å². The zero-order valence-electron chi connectivity index (χ0n) is 24.8. The van der Waals surface area contributed by atoms with Crippen LogP contribution in [0.25, 0.3) is 0 Å². The molecule has 6 atom stereocenters. The molecule has 1 aliphatic heterocycles. The highest BCUT2D eigenvalue weighted by atomic mass is 28.4. The van der Waals surface area contributed by atoms with Crippen molar-refractivity contribution in [3.05, 3.63) is 72.7 Å². The number of hydrogen-bond acceptors (Lipinski definition) is 3. The SMILES string of the molecule is C=C(B1O[C@H]2C[C@H]3C[C@H](C3(C)C)[C@@]2(C)O1)[C@H]([C@@H](C)CO[Si](C)(C)c1ccccc1)[Si](C)(C)c1ccccc1. The smallest absolute Gasteiger partial charge is 0.413 e. The highest BCUT2D eigenvalue weighted by molar-refractivity contribution is 6.92. The molecule has 0 unspecified atom stereocenters. The van der Waals surface area contributed by atoms with E-state index in [0.717, 1.165) is 17.8 Å². The van der Waals surface area contributed by atoms with Gasteiger partial charge in [0.05, 0.1) is 19.8 Å². The lowest BCUT2D eigenvalue weighted by molar-refractivity contribution is -0.199. The first-order valence-corrected chi connectivity index (χ1v) is 20.5. The zero-order chi connectivity index (χ0) is 27.5. The molecular formula is C32H47BO3Si2. The van der Waals surface area contributed by atoms with E-state index in [-0.39, 0.29) is 24.4 Å². The van der Waals surface area contributed by atoms with Crippen molar-refractivity contribution < 1.29 is 13.7 Å². The normalized spacial score (nSPS) is 29.8. The summed E-state index contributed by atoms with van der Waals surface area (Å²) in [4.78, 5) is 0. The highest BCUT2D eigenvalue weighted by Crippen LogP contribution is 2.66. The van der Waals surface area contributed by atoms with Gasteiger partial charge in [0.15, 0.2) is 0 Å². The first-order chi connectivity index (χ1) is 17.8. The molecule has 1 heterocycles. The van der Waals surface area contributed by atoms with Gasteiger partial charge in [-0.15, -0.1) is 6.58 Å². The zero-order valence-corrected chi connectivity index (χ0v) is 26.8. The summed E-state index contributed by atoms with van der Waals surface area (Å²) in [6.07, 6.45) is 2.53. The van der Waals surface area contributed by atoms with Gasteiger partial charge in [-0.25, -0.2) is 0 Å². The van der Waals surface area contributed by atoms with Crippen LogP contribution in [0.3, 0.4) is 0 Å². The van der Waals surface area contributed by atoms with E-state index in [2.05, 4.69) is 115 Å². The summed E-state index contributed by atoms with van der Waals surface area (Å²) in [6.45, 7) is 24.6. The molecule has 3 aliphatic carbocycles. The summed E-state index contributed by atoms with van der Waals surface area (Å²) in [7, 11) is -4.38. The first-order valence-electron chi connectivity index (χ1n) is 14.6. The minimum atomic E-state index is -2.03. The second-order valence-electron chi connectivity index (χ2n) is 14.1. The van der Waals surface area contributed by atoms with Gasteiger partial charge < -0.3 is 13.7 Å². The molecule has 0 spiro atoms.